The fraction of sp³-hybridized carbons (Fsp3) is 0.500. The minimum Gasteiger partial charge on any atom is -0.399 e. The SMILES string of the molecule is CC1(C)CCN(C(=O)c2cc(N)ccn2)C1. The molecule has 0 saturated carbocycles. The first-order chi connectivity index (χ1) is 7.48. The zero-order chi connectivity index (χ0) is 11.8. The van der Waals surface area contributed by atoms with Gasteiger partial charge in [0.15, 0.2) is 0 Å². The highest BCUT2D eigenvalue weighted by Crippen LogP contribution is 2.29. The van der Waals surface area contributed by atoms with Gasteiger partial charge in [-0.15, -0.1) is 0 Å². The lowest BCUT2D eigenvalue weighted by molar-refractivity contribution is 0.0772. The van der Waals surface area contributed by atoms with Gasteiger partial charge in [0.25, 0.3) is 5.91 Å². The van der Waals surface area contributed by atoms with Gasteiger partial charge in [0.2, 0.25) is 0 Å². The van der Waals surface area contributed by atoms with Crippen LogP contribution < -0.4 is 5.73 Å². The molecule has 1 amide bonds. The smallest absolute Gasteiger partial charge is 0.272 e. The van der Waals surface area contributed by atoms with E-state index in [1.165, 1.54) is 0 Å². The average molecular weight is 219 g/mol. The molecule has 4 heteroatoms. The Balaban J connectivity index is 2.15. The van der Waals surface area contributed by atoms with Crippen molar-refractivity contribution in [1.29, 1.82) is 0 Å². The number of carbonyl (C=O) groups is 1. The molecule has 16 heavy (non-hydrogen) atoms. The number of anilines is 1. The van der Waals surface area contributed by atoms with E-state index < -0.39 is 0 Å². The number of rotatable bonds is 1. The molecule has 0 aliphatic carbocycles. The number of hydrogen-bond acceptors (Lipinski definition) is 3. The summed E-state index contributed by atoms with van der Waals surface area (Å²) in [5, 5.41) is 0. The van der Waals surface area contributed by atoms with Crippen molar-refractivity contribution < 1.29 is 4.79 Å². The molecule has 1 fully saturated rings. The monoisotopic (exact) mass is 219 g/mol. The third-order valence-electron chi connectivity index (χ3n) is 2.97. The van der Waals surface area contributed by atoms with Gasteiger partial charge in [-0.3, -0.25) is 9.78 Å². The first kappa shape index (κ1) is 10.9. The molecule has 0 atom stereocenters. The summed E-state index contributed by atoms with van der Waals surface area (Å²) in [5.74, 6) is -0.0159. The van der Waals surface area contributed by atoms with Gasteiger partial charge in [-0.2, -0.15) is 0 Å². The number of nitrogens with zero attached hydrogens (tertiary/aromatic N) is 2. The normalized spacial score (nSPS) is 18.8. The number of hydrogen-bond donors (Lipinski definition) is 1. The van der Waals surface area contributed by atoms with Crippen molar-refractivity contribution in [1.82, 2.24) is 9.88 Å². The summed E-state index contributed by atoms with van der Waals surface area (Å²) in [4.78, 5) is 18.0. The van der Waals surface area contributed by atoms with Crippen molar-refractivity contribution >= 4 is 11.6 Å². The summed E-state index contributed by atoms with van der Waals surface area (Å²) < 4.78 is 0. The number of amides is 1. The van der Waals surface area contributed by atoms with E-state index in [1.807, 2.05) is 4.90 Å². The predicted octanol–water partition coefficient (Wildman–Crippen LogP) is 1.54. The number of nitrogen functional groups attached to an aromatic ring is 1. The number of aromatic nitrogens is 1. The molecule has 0 aromatic carbocycles. The Bertz CT molecular complexity index is 414. The van der Waals surface area contributed by atoms with Crippen molar-refractivity contribution in [2.24, 2.45) is 5.41 Å². The highest BCUT2D eigenvalue weighted by molar-refractivity contribution is 5.93. The van der Waals surface area contributed by atoms with Crippen LogP contribution in [0.5, 0.6) is 0 Å². The summed E-state index contributed by atoms with van der Waals surface area (Å²) in [6.45, 7) is 5.95. The topological polar surface area (TPSA) is 59.2 Å². The highest BCUT2D eigenvalue weighted by Gasteiger charge is 2.32. The maximum Gasteiger partial charge on any atom is 0.272 e. The zero-order valence-corrected chi connectivity index (χ0v) is 9.73. The Labute approximate surface area is 95.5 Å². The molecule has 1 saturated heterocycles. The Hall–Kier alpha value is -1.58. The van der Waals surface area contributed by atoms with E-state index in [2.05, 4.69) is 18.8 Å². The van der Waals surface area contributed by atoms with Gasteiger partial charge in [-0.05, 0) is 24.0 Å². The fourth-order valence-corrected chi connectivity index (χ4v) is 2.01. The first-order valence-electron chi connectivity index (χ1n) is 5.49. The second kappa shape index (κ2) is 3.77. The van der Waals surface area contributed by atoms with Gasteiger partial charge >= 0.3 is 0 Å². The Kier molecular flexibility index (Phi) is 2.58. The molecular formula is C12H17N3O. The van der Waals surface area contributed by atoms with E-state index in [1.54, 1.807) is 18.3 Å². The van der Waals surface area contributed by atoms with Crippen LogP contribution in [0.15, 0.2) is 18.3 Å². The summed E-state index contributed by atoms with van der Waals surface area (Å²) in [7, 11) is 0. The van der Waals surface area contributed by atoms with Crippen LogP contribution in [0.25, 0.3) is 0 Å². The second-order valence-electron chi connectivity index (χ2n) is 5.12. The molecule has 4 nitrogen and oxygen atoms in total. The number of carbonyl (C=O) groups excluding carboxylic acids is 1. The van der Waals surface area contributed by atoms with E-state index in [9.17, 15) is 4.79 Å². The highest BCUT2D eigenvalue weighted by atomic mass is 16.2. The van der Waals surface area contributed by atoms with Gasteiger partial charge in [0, 0.05) is 25.0 Å². The van der Waals surface area contributed by atoms with E-state index in [-0.39, 0.29) is 11.3 Å². The minimum absolute atomic E-state index is 0.0159. The molecule has 1 aliphatic heterocycles. The molecule has 0 bridgehead atoms. The van der Waals surface area contributed by atoms with Gasteiger partial charge in [-0.25, -0.2) is 0 Å². The third-order valence-corrected chi connectivity index (χ3v) is 2.97. The molecule has 1 aliphatic rings. The number of pyridine rings is 1. The van der Waals surface area contributed by atoms with Crippen molar-refractivity contribution in [3.05, 3.63) is 24.0 Å². The number of nitrogens with two attached hydrogens (primary N) is 1. The molecule has 2 N–H and O–H groups in total. The van der Waals surface area contributed by atoms with Crippen LogP contribution >= 0.6 is 0 Å². The van der Waals surface area contributed by atoms with Crippen LogP contribution in [0.4, 0.5) is 5.69 Å². The molecule has 86 valence electrons. The largest absolute Gasteiger partial charge is 0.399 e. The van der Waals surface area contributed by atoms with Crippen molar-refractivity contribution in [3.8, 4) is 0 Å². The van der Waals surface area contributed by atoms with Crippen LogP contribution in [-0.4, -0.2) is 28.9 Å². The Morgan fingerprint density at radius 1 is 1.56 bits per heavy atom. The molecule has 1 aromatic heterocycles. The molecule has 0 radical (unpaired) electrons. The Morgan fingerprint density at radius 2 is 2.31 bits per heavy atom. The Morgan fingerprint density at radius 3 is 2.88 bits per heavy atom. The van der Waals surface area contributed by atoms with E-state index >= 15 is 0 Å². The average Bonchev–Trinajstić information content (AvgIpc) is 2.58. The minimum atomic E-state index is -0.0159. The van der Waals surface area contributed by atoms with Crippen molar-refractivity contribution in [2.75, 3.05) is 18.8 Å². The van der Waals surface area contributed by atoms with E-state index in [4.69, 9.17) is 5.73 Å². The van der Waals surface area contributed by atoms with Crippen LogP contribution in [0.1, 0.15) is 30.8 Å². The number of likely N-dealkylation sites (tertiary alicyclic amines) is 1. The second-order valence-corrected chi connectivity index (χ2v) is 5.12. The maximum absolute atomic E-state index is 12.1. The summed E-state index contributed by atoms with van der Waals surface area (Å²) in [6.07, 6.45) is 2.62. The molecule has 2 rings (SSSR count). The zero-order valence-electron chi connectivity index (χ0n) is 9.73. The fourth-order valence-electron chi connectivity index (χ4n) is 2.01. The standard InChI is InChI=1S/C12H17N3O/c1-12(2)4-6-15(8-12)11(16)10-7-9(13)3-5-14-10/h3,5,7H,4,6,8H2,1-2H3,(H2,13,14). The van der Waals surface area contributed by atoms with Gasteiger partial charge in [0.05, 0.1) is 0 Å². The van der Waals surface area contributed by atoms with Gasteiger partial charge in [0.1, 0.15) is 5.69 Å². The molecule has 2 heterocycles. The van der Waals surface area contributed by atoms with E-state index in [0.717, 1.165) is 19.5 Å². The van der Waals surface area contributed by atoms with Crippen LogP contribution in [0.2, 0.25) is 0 Å². The lowest BCUT2D eigenvalue weighted by Crippen LogP contribution is -2.30. The lowest BCUT2D eigenvalue weighted by atomic mass is 9.93. The van der Waals surface area contributed by atoms with Crippen LogP contribution in [0.3, 0.4) is 0 Å². The first-order valence-corrected chi connectivity index (χ1v) is 5.49. The van der Waals surface area contributed by atoms with Gasteiger partial charge in [-0.1, -0.05) is 13.8 Å². The summed E-state index contributed by atoms with van der Waals surface area (Å²) >= 11 is 0. The van der Waals surface area contributed by atoms with Crippen molar-refractivity contribution in [2.45, 2.75) is 20.3 Å². The lowest BCUT2D eigenvalue weighted by Gasteiger charge is -2.19. The summed E-state index contributed by atoms with van der Waals surface area (Å²) in [5.41, 5.74) is 6.88. The van der Waals surface area contributed by atoms with Crippen LogP contribution in [-0.2, 0) is 0 Å². The predicted molar refractivity (Wildman–Crippen MR) is 63.0 cm³/mol. The van der Waals surface area contributed by atoms with Crippen LogP contribution in [0, 0.1) is 5.41 Å². The maximum atomic E-state index is 12.1. The van der Waals surface area contributed by atoms with Gasteiger partial charge < -0.3 is 10.6 Å². The quantitative estimate of drug-likeness (QED) is 0.779. The third kappa shape index (κ3) is 2.15. The van der Waals surface area contributed by atoms with Crippen molar-refractivity contribution in [3.63, 3.8) is 0 Å². The molecule has 1 aromatic rings. The summed E-state index contributed by atoms with van der Waals surface area (Å²) in [6, 6.07) is 3.32. The van der Waals surface area contributed by atoms with E-state index in [0.29, 0.717) is 11.4 Å². The molecular weight excluding hydrogens is 202 g/mol. The molecule has 0 spiro atoms. The molecule has 0 unspecified atom stereocenters.